The van der Waals surface area contributed by atoms with Crippen LogP contribution in [-0.2, 0) is 0 Å². The van der Waals surface area contributed by atoms with Crippen molar-refractivity contribution in [2.75, 3.05) is 13.2 Å². The number of aryl methyl sites for hydroxylation is 2. The number of nitrogens with two attached hydrogens (primary N) is 1. The summed E-state index contributed by atoms with van der Waals surface area (Å²) in [6.07, 6.45) is 4.07. The summed E-state index contributed by atoms with van der Waals surface area (Å²) in [5.41, 5.74) is 9.53. The fourth-order valence-electron chi connectivity index (χ4n) is 3.26. The average Bonchev–Trinajstić information content (AvgIpc) is 2.80. The van der Waals surface area contributed by atoms with Gasteiger partial charge in [-0.25, -0.2) is 0 Å². The molecule has 0 aliphatic heterocycles. The van der Waals surface area contributed by atoms with Crippen molar-refractivity contribution in [1.29, 1.82) is 0 Å². The lowest BCUT2D eigenvalue weighted by Crippen LogP contribution is -2.47. The first-order chi connectivity index (χ1) is 9.48. The maximum Gasteiger partial charge on any atom is 0.125 e. The van der Waals surface area contributed by atoms with E-state index in [0.717, 1.165) is 31.4 Å². The van der Waals surface area contributed by atoms with Crippen LogP contribution in [0.2, 0.25) is 0 Å². The molecule has 3 heteroatoms. The number of benzene rings is 1. The number of ether oxygens (including phenoxy) is 1. The van der Waals surface area contributed by atoms with E-state index in [1.807, 2.05) is 0 Å². The minimum absolute atomic E-state index is 0.0835. The molecule has 112 valence electrons. The van der Waals surface area contributed by atoms with Crippen LogP contribution in [0.15, 0.2) is 12.1 Å². The smallest absolute Gasteiger partial charge is 0.125 e. The highest BCUT2D eigenvalue weighted by molar-refractivity contribution is 5.44. The molecule has 1 aromatic carbocycles. The van der Waals surface area contributed by atoms with E-state index in [-0.39, 0.29) is 12.1 Å². The molecule has 3 nitrogen and oxygen atoms in total. The van der Waals surface area contributed by atoms with Crippen LogP contribution < -0.4 is 10.5 Å². The summed E-state index contributed by atoms with van der Waals surface area (Å²) in [7, 11) is 0. The lowest BCUT2D eigenvalue weighted by Gasteiger charge is -2.29. The van der Waals surface area contributed by atoms with E-state index < -0.39 is 0 Å². The molecule has 0 saturated heterocycles. The van der Waals surface area contributed by atoms with E-state index in [0.29, 0.717) is 12.5 Å². The zero-order valence-electron chi connectivity index (χ0n) is 12.9. The summed E-state index contributed by atoms with van der Waals surface area (Å²) in [5, 5.41) is 9.47. The molecule has 0 radical (unpaired) electrons. The van der Waals surface area contributed by atoms with Crippen LogP contribution in [0.25, 0.3) is 0 Å². The Morgan fingerprint density at radius 3 is 2.70 bits per heavy atom. The van der Waals surface area contributed by atoms with Crippen LogP contribution in [0.4, 0.5) is 0 Å². The lowest BCUT2D eigenvalue weighted by atomic mass is 9.87. The molecule has 0 heterocycles. The maximum atomic E-state index is 9.47. The Labute approximate surface area is 122 Å². The number of rotatable bonds is 5. The van der Waals surface area contributed by atoms with Gasteiger partial charge < -0.3 is 15.6 Å². The van der Waals surface area contributed by atoms with Gasteiger partial charge in [-0.2, -0.15) is 0 Å². The lowest BCUT2D eigenvalue weighted by molar-refractivity contribution is 0.143. The molecule has 2 atom stereocenters. The Morgan fingerprint density at radius 1 is 1.30 bits per heavy atom. The molecule has 0 bridgehead atoms. The van der Waals surface area contributed by atoms with E-state index in [9.17, 15) is 5.11 Å². The van der Waals surface area contributed by atoms with E-state index >= 15 is 0 Å². The fraction of sp³-hybridized carbons (Fsp3) is 0.647. The Morgan fingerprint density at radius 2 is 2.00 bits per heavy atom. The molecule has 0 amide bonds. The highest BCUT2D eigenvalue weighted by atomic mass is 16.5. The third-order valence-electron chi connectivity index (χ3n) is 4.89. The predicted molar refractivity (Wildman–Crippen MR) is 82.1 cm³/mol. The van der Waals surface area contributed by atoms with Crippen LogP contribution in [0.3, 0.4) is 0 Å². The van der Waals surface area contributed by atoms with Crippen molar-refractivity contribution in [2.45, 2.75) is 52.0 Å². The van der Waals surface area contributed by atoms with Crippen molar-refractivity contribution in [3.63, 3.8) is 0 Å². The van der Waals surface area contributed by atoms with Gasteiger partial charge in [0.2, 0.25) is 0 Å². The molecule has 1 aliphatic rings. The molecular weight excluding hydrogens is 250 g/mol. The third-order valence-corrected chi connectivity index (χ3v) is 4.89. The summed E-state index contributed by atoms with van der Waals surface area (Å²) in [6.45, 7) is 7.05. The predicted octanol–water partition coefficient (Wildman–Crippen LogP) is 2.87. The van der Waals surface area contributed by atoms with Gasteiger partial charge in [-0.15, -0.1) is 0 Å². The molecule has 1 fully saturated rings. The molecule has 1 aromatic rings. The first-order valence-electron chi connectivity index (χ1n) is 7.57. The quantitative estimate of drug-likeness (QED) is 0.870. The van der Waals surface area contributed by atoms with E-state index in [1.165, 1.54) is 16.7 Å². The summed E-state index contributed by atoms with van der Waals surface area (Å²) in [6, 6.07) is 4.24. The van der Waals surface area contributed by atoms with Gasteiger partial charge in [-0.1, -0.05) is 18.6 Å². The number of aliphatic hydroxyl groups excluding tert-OH is 1. The van der Waals surface area contributed by atoms with Crippen molar-refractivity contribution < 1.29 is 9.84 Å². The van der Waals surface area contributed by atoms with Gasteiger partial charge in [-0.05, 0) is 62.6 Å². The zero-order chi connectivity index (χ0) is 14.8. The fourth-order valence-corrected chi connectivity index (χ4v) is 3.26. The van der Waals surface area contributed by atoms with Crippen LogP contribution in [0, 0.1) is 26.7 Å². The number of hydrogen-bond acceptors (Lipinski definition) is 3. The molecule has 1 aliphatic carbocycles. The topological polar surface area (TPSA) is 55.5 Å². The summed E-state index contributed by atoms with van der Waals surface area (Å²) in [4.78, 5) is 0. The van der Waals surface area contributed by atoms with Gasteiger partial charge >= 0.3 is 0 Å². The summed E-state index contributed by atoms with van der Waals surface area (Å²) < 4.78 is 6.01. The summed E-state index contributed by atoms with van der Waals surface area (Å²) >= 11 is 0. The highest BCUT2D eigenvalue weighted by Gasteiger charge is 2.38. The second-order valence-electron chi connectivity index (χ2n) is 6.27. The minimum atomic E-state index is -0.389. The molecule has 2 unspecified atom stereocenters. The van der Waals surface area contributed by atoms with E-state index in [2.05, 4.69) is 32.9 Å². The van der Waals surface area contributed by atoms with Crippen LogP contribution in [0.1, 0.15) is 42.4 Å². The third kappa shape index (κ3) is 2.99. The van der Waals surface area contributed by atoms with Crippen LogP contribution in [-0.4, -0.2) is 23.9 Å². The van der Waals surface area contributed by atoms with Crippen molar-refractivity contribution in [1.82, 2.24) is 0 Å². The average molecular weight is 277 g/mol. The van der Waals surface area contributed by atoms with Crippen molar-refractivity contribution >= 4 is 0 Å². The van der Waals surface area contributed by atoms with E-state index in [4.69, 9.17) is 10.5 Å². The zero-order valence-corrected chi connectivity index (χ0v) is 12.9. The van der Waals surface area contributed by atoms with Gasteiger partial charge in [0.15, 0.2) is 0 Å². The monoisotopic (exact) mass is 277 g/mol. The second kappa shape index (κ2) is 6.15. The number of aliphatic hydroxyl groups is 1. The van der Waals surface area contributed by atoms with Gasteiger partial charge in [0.1, 0.15) is 5.75 Å². The van der Waals surface area contributed by atoms with Crippen LogP contribution in [0.5, 0.6) is 5.75 Å². The first kappa shape index (κ1) is 15.3. The van der Waals surface area contributed by atoms with E-state index in [1.54, 1.807) is 0 Å². The molecule has 20 heavy (non-hydrogen) atoms. The number of hydrogen-bond donors (Lipinski definition) is 2. The molecule has 0 spiro atoms. The SMILES string of the molecule is Cc1ccc(C)c(OCCC2CCCC2(N)CO)c1C. The minimum Gasteiger partial charge on any atom is -0.493 e. The largest absolute Gasteiger partial charge is 0.493 e. The Kier molecular flexibility index (Phi) is 4.71. The standard InChI is InChI=1S/C17H27NO2/c1-12-6-7-13(2)16(14(12)3)20-10-8-15-5-4-9-17(15,18)11-19/h6-7,15,19H,4-5,8-11,18H2,1-3H3. The van der Waals surface area contributed by atoms with Gasteiger partial charge in [-0.3, -0.25) is 0 Å². The Hall–Kier alpha value is -1.06. The van der Waals surface area contributed by atoms with Gasteiger partial charge in [0.05, 0.1) is 13.2 Å². The molecule has 3 N–H and O–H groups in total. The maximum absolute atomic E-state index is 9.47. The molecule has 1 saturated carbocycles. The normalized spacial score (nSPS) is 25.9. The Bertz CT molecular complexity index is 472. The van der Waals surface area contributed by atoms with Crippen molar-refractivity contribution in [3.05, 3.63) is 28.8 Å². The van der Waals surface area contributed by atoms with Gasteiger partial charge in [0.25, 0.3) is 0 Å². The molecule has 0 aromatic heterocycles. The highest BCUT2D eigenvalue weighted by Crippen LogP contribution is 2.36. The first-order valence-corrected chi connectivity index (χ1v) is 7.57. The van der Waals surface area contributed by atoms with Crippen molar-refractivity contribution in [2.24, 2.45) is 11.7 Å². The molecule has 2 rings (SSSR count). The van der Waals surface area contributed by atoms with Crippen LogP contribution >= 0.6 is 0 Å². The Balaban J connectivity index is 1.95. The second-order valence-corrected chi connectivity index (χ2v) is 6.27. The van der Waals surface area contributed by atoms with Gasteiger partial charge in [0, 0.05) is 5.54 Å². The summed E-state index contributed by atoms with van der Waals surface area (Å²) in [5.74, 6) is 1.38. The van der Waals surface area contributed by atoms with Crippen molar-refractivity contribution in [3.8, 4) is 5.75 Å². The molecular formula is C17H27NO2.